The average Bonchev–Trinajstić information content (AvgIpc) is 3.00. The third kappa shape index (κ3) is 6.05. The van der Waals surface area contributed by atoms with Crippen LogP contribution in [-0.2, 0) is 11.2 Å². The lowest BCUT2D eigenvalue weighted by atomic mass is 10.1. The normalized spacial score (nSPS) is 16.6. The predicted molar refractivity (Wildman–Crippen MR) is 127 cm³/mol. The first-order valence-corrected chi connectivity index (χ1v) is 11.1. The summed E-state index contributed by atoms with van der Waals surface area (Å²) in [5.41, 5.74) is 0.579. The van der Waals surface area contributed by atoms with Crippen molar-refractivity contribution in [3.05, 3.63) is 77.7 Å². The molecule has 8 nitrogen and oxygen atoms in total. The Balaban J connectivity index is 1.48. The van der Waals surface area contributed by atoms with Crippen molar-refractivity contribution >= 4 is 17.6 Å². The van der Waals surface area contributed by atoms with Gasteiger partial charge in [-0.05, 0) is 54.5 Å². The number of hydrogen-bond donors (Lipinski definition) is 2. The minimum Gasteiger partial charge on any atom is -0.457 e. The number of likely N-dealkylation sites (N-methyl/N-ethyl adjacent to an activating group) is 1. The lowest BCUT2D eigenvalue weighted by Crippen LogP contribution is -2.47. The Morgan fingerprint density at radius 2 is 1.97 bits per heavy atom. The van der Waals surface area contributed by atoms with Crippen molar-refractivity contribution in [1.82, 2.24) is 15.3 Å². The van der Waals surface area contributed by atoms with E-state index in [9.17, 15) is 22.8 Å². The van der Waals surface area contributed by atoms with Gasteiger partial charge in [-0.3, -0.25) is 19.5 Å². The zero-order chi connectivity index (χ0) is 26.6. The minimum absolute atomic E-state index is 0.0547. The first kappa shape index (κ1) is 25.7. The Morgan fingerprint density at radius 3 is 2.70 bits per heavy atom. The molecule has 190 valence electrons. The van der Waals surface area contributed by atoms with Gasteiger partial charge in [0.15, 0.2) is 0 Å². The zero-order valence-corrected chi connectivity index (χ0v) is 19.5. The molecule has 2 atom stereocenters. The van der Waals surface area contributed by atoms with E-state index in [2.05, 4.69) is 21.2 Å². The second-order valence-corrected chi connectivity index (χ2v) is 8.16. The van der Waals surface area contributed by atoms with Crippen LogP contribution >= 0.6 is 0 Å². The summed E-state index contributed by atoms with van der Waals surface area (Å²) in [6.07, 6.45) is -1.69. The molecule has 1 aliphatic rings. The Kier molecular flexibility index (Phi) is 7.40. The Bertz CT molecular complexity index is 1370. The van der Waals surface area contributed by atoms with E-state index in [0.717, 1.165) is 0 Å². The van der Waals surface area contributed by atoms with Crippen LogP contribution in [0, 0.1) is 11.8 Å². The van der Waals surface area contributed by atoms with Crippen LogP contribution in [0.5, 0.6) is 11.5 Å². The van der Waals surface area contributed by atoms with E-state index in [-0.39, 0.29) is 23.6 Å². The standard InChI is InChI=1S/C26H21F3N4O4/c1-33-22-16(7-9-17(31-22)11-13-26(29,36)25(27)28)8-10-20(24(33)35)32-23(34)21-15-19(12-14-30-21)37-18-5-3-2-4-6-18/h2-7,9,12,14-15,20,25,36H,8,10H2,1H3,(H,32,34)/t20-,26?/m0/s1. The number of hydrogen-bond acceptors (Lipinski definition) is 6. The molecule has 0 saturated carbocycles. The summed E-state index contributed by atoms with van der Waals surface area (Å²) in [5.74, 6) is -0.363. The molecule has 2 N–H and O–H groups in total. The molecular weight excluding hydrogens is 489 g/mol. The molecule has 2 amide bonds. The SMILES string of the molecule is CN1C(=O)[C@@H](NC(=O)c2cc(Oc3ccccc3)ccn2)CCc2ccc(C#CC(O)(F)C(F)F)nc21. The second kappa shape index (κ2) is 10.7. The quantitative estimate of drug-likeness (QED) is 0.511. The van der Waals surface area contributed by atoms with Gasteiger partial charge in [-0.2, -0.15) is 4.39 Å². The summed E-state index contributed by atoms with van der Waals surface area (Å²) in [7, 11) is 1.44. The second-order valence-electron chi connectivity index (χ2n) is 8.16. The third-order valence-corrected chi connectivity index (χ3v) is 5.51. The number of anilines is 1. The van der Waals surface area contributed by atoms with Gasteiger partial charge in [0.25, 0.3) is 5.91 Å². The molecule has 1 aromatic carbocycles. The summed E-state index contributed by atoms with van der Waals surface area (Å²) < 4.78 is 44.1. The summed E-state index contributed by atoms with van der Waals surface area (Å²) in [6.45, 7) is 0. The smallest absolute Gasteiger partial charge is 0.331 e. The highest BCUT2D eigenvalue weighted by Crippen LogP contribution is 2.25. The van der Waals surface area contributed by atoms with E-state index in [1.807, 2.05) is 18.2 Å². The number of aromatic nitrogens is 2. The molecular formula is C26H21F3N4O4. The number of carbonyl (C=O) groups excluding carboxylic acids is 2. The topological polar surface area (TPSA) is 105 Å². The fourth-order valence-electron chi connectivity index (χ4n) is 3.59. The van der Waals surface area contributed by atoms with E-state index < -0.39 is 30.1 Å². The number of alkyl halides is 3. The van der Waals surface area contributed by atoms with E-state index in [0.29, 0.717) is 23.5 Å². The van der Waals surface area contributed by atoms with Gasteiger partial charge in [-0.15, -0.1) is 0 Å². The van der Waals surface area contributed by atoms with Crippen molar-refractivity contribution in [3.8, 4) is 23.3 Å². The largest absolute Gasteiger partial charge is 0.457 e. The summed E-state index contributed by atoms with van der Waals surface area (Å²) >= 11 is 0. The number of amides is 2. The molecule has 0 fully saturated rings. The van der Waals surface area contributed by atoms with E-state index in [1.165, 1.54) is 36.2 Å². The number of pyridine rings is 2. The van der Waals surface area contributed by atoms with Crippen molar-refractivity contribution in [2.24, 2.45) is 0 Å². The predicted octanol–water partition coefficient (Wildman–Crippen LogP) is 3.25. The Labute approximate surface area is 210 Å². The maximum atomic E-state index is 13.4. The zero-order valence-electron chi connectivity index (χ0n) is 19.5. The van der Waals surface area contributed by atoms with Crippen molar-refractivity contribution in [1.29, 1.82) is 0 Å². The molecule has 1 aliphatic heterocycles. The lowest BCUT2D eigenvalue weighted by Gasteiger charge is -2.21. The van der Waals surface area contributed by atoms with Crippen molar-refractivity contribution in [2.45, 2.75) is 31.2 Å². The molecule has 0 aliphatic carbocycles. The Hall–Kier alpha value is -4.43. The number of ether oxygens (including phenoxy) is 1. The molecule has 37 heavy (non-hydrogen) atoms. The molecule has 3 heterocycles. The third-order valence-electron chi connectivity index (χ3n) is 5.51. The van der Waals surface area contributed by atoms with Gasteiger partial charge in [-0.1, -0.05) is 24.3 Å². The number of halogens is 3. The highest BCUT2D eigenvalue weighted by atomic mass is 19.3. The number of nitrogens with zero attached hydrogens (tertiary/aromatic N) is 3. The first-order valence-electron chi connectivity index (χ1n) is 11.1. The maximum Gasteiger partial charge on any atom is 0.331 e. The molecule has 4 rings (SSSR count). The minimum atomic E-state index is -3.98. The monoisotopic (exact) mass is 510 g/mol. The van der Waals surface area contributed by atoms with Gasteiger partial charge in [0.1, 0.15) is 34.7 Å². The fraction of sp³-hybridized carbons (Fsp3) is 0.231. The van der Waals surface area contributed by atoms with E-state index in [1.54, 1.807) is 24.3 Å². The molecule has 3 aromatic rings. The molecule has 0 saturated heterocycles. The van der Waals surface area contributed by atoms with E-state index >= 15 is 0 Å². The number of rotatable bonds is 5. The van der Waals surface area contributed by atoms with Crippen molar-refractivity contribution in [3.63, 3.8) is 0 Å². The van der Waals surface area contributed by atoms with Gasteiger partial charge < -0.3 is 15.2 Å². The van der Waals surface area contributed by atoms with Crippen LogP contribution < -0.4 is 15.0 Å². The summed E-state index contributed by atoms with van der Waals surface area (Å²) in [5, 5.41) is 11.7. The highest BCUT2D eigenvalue weighted by Gasteiger charge is 2.36. The number of nitrogens with one attached hydrogen (secondary N) is 1. The van der Waals surface area contributed by atoms with Gasteiger partial charge in [0, 0.05) is 19.3 Å². The fourth-order valence-corrected chi connectivity index (χ4v) is 3.59. The molecule has 0 bridgehead atoms. The van der Waals surface area contributed by atoms with Crippen LogP contribution in [0.15, 0.2) is 60.8 Å². The maximum absolute atomic E-state index is 13.4. The summed E-state index contributed by atoms with van der Waals surface area (Å²) in [6, 6.07) is 14.1. The van der Waals surface area contributed by atoms with Gasteiger partial charge in [0.05, 0.1) is 0 Å². The highest BCUT2D eigenvalue weighted by molar-refractivity contribution is 6.02. The van der Waals surface area contributed by atoms with Gasteiger partial charge in [-0.25, -0.2) is 13.8 Å². The molecule has 1 unspecified atom stereocenters. The van der Waals surface area contributed by atoms with Crippen molar-refractivity contribution < 1.29 is 32.6 Å². The average molecular weight is 510 g/mol. The summed E-state index contributed by atoms with van der Waals surface area (Å²) in [4.78, 5) is 35.4. The number of benzene rings is 1. The van der Waals surface area contributed by atoms with Gasteiger partial charge in [0.2, 0.25) is 5.91 Å². The number of carbonyl (C=O) groups is 2. The molecule has 0 radical (unpaired) electrons. The van der Waals surface area contributed by atoms with Crippen LogP contribution in [0.1, 0.15) is 28.2 Å². The van der Waals surface area contributed by atoms with Crippen LogP contribution in [0.3, 0.4) is 0 Å². The number of para-hydroxylation sites is 1. The number of fused-ring (bicyclic) bond motifs is 1. The first-order chi connectivity index (χ1) is 17.6. The molecule has 0 spiro atoms. The number of aliphatic hydroxyl groups is 1. The van der Waals surface area contributed by atoms with Crippen LogP contribution in [0.4, 0.5) is 19.0 Å². The Morgan fingerprint density at radius 1 is 1.22 bits per heavy atom. The van der Waals surface area contributed by atoms with Crippen LogP contribution in [0.25, 0.3) is 0 Å². The lowest BCUT2D eigenvalue weighted by molar-refractivity contribution is -0.141. The van der Waals surface area contributed by atoms with Gasteiger partial charge >= 0.3 is 12.3 Å². The molecule has 2 aromatic heterocycles. The van der Waals surface area contributed by atoms with Crippen molar-refractivity contribution in [2.75, 3.05) is 11.9 Å². The van der Waals surface area contributed by atoms with Crippen LogP contribution in [-0.4, -0.2) is 52.3 Å². The number of aryl methyl sites for hydroxylation is 1. The molecule has 11 heteroatoms. The van der Waals surface area contributed by atoms with Crippen LogP contribution in [0.2, 0.25) is 0 Å². The van der Waals surface area contributed by atoms with E-state index in [4.69, 9.17) is 9.84 Å².